The van der Waals surface area contributed by atoms with E-state index in [1.165, 1.54) is 7.11 Å². The molecule has 0 fully saturated rings. The van der Waals surface area contributed by atoms with Crippen molar-refractivity contribution in [3.63, 3.8) is 0 Å². The number of ether oxygens (including phenoxy) is 2. The quantitative estimate of drug-likeness (QED) is 0.537. The zero-order valence-electron chi connectivity index (χ0n) is 14.3. The minimum Gasteiger partial charge on any atom is -0.508 e. The van der Waals surface area contributed by atoms with Crippen LogP contribution in [0.3, 0.4) is 0 Å². The van der Waals surface area contributed by atoms with Gasteiger partial charge in [-0.05, 0) is 44.9 Å². The number of methoxy groups -OCH3 is 1. The fourth-order valence-electron chi connectivity index (χ4n) is 1.94. The van der Waals surface area contributed by atoms with Gasteiger partial charge in [0.05, 0.1) is 7.11 Å². The van der Waals surface area contributed by atoms with Gasteiger partial charge in [0.15, 0.2) is 0 Å². The van der Waals surface area contributed by atoms with Gasteiger partial charge in [-0.1, -0.05) is 28.1 Å². The maximum absolute atomic E-state index is 12.0. The Morgan fingerprint density at radius 1 is 1.21 bits per heavy atom. The van der Waals surface area contributed by atoms with Crippen LogP contribution in [0.4, 0.5) is 0 Å². The first-order valence-corrected chi connectivity index (χ1v) is 8.50. The van der Waals surface area contributed by atoms with E-state index in [0.29, 0.717) is 6.42 Å². The van der Waals surface area contributed by atoms with Crippen LogP contribution in [0.5, 0.6) is 5.75 Å². The lowest BCUT2D eigenvalue weighted by Crippen LogP contribution is -2.44. The standard InChI is InChI=1S/C17H24BrNO5/c1-17(2,3)24-15(21)13(18)10-19-14(16(22)23-4)9-11-5-7-12(20)8-6-11/h5-8,13-14,19-20H,9-10H2,1-4H3/t13?,14-/m0/s1. The average molecular weight is 402 g/mol. The van der Waals surface area contributed by atoms with Crippen molar-refractivity contribution in [2.24, 2.45) is 0 Å². The second kappa shape index (κ2) is 9.03. The Kier molecular flexibility index (Phi) is 7.69. The maximum atomic E-state index is 12.0. The normalized spacial score (nSPS) is 13.9. The van der Waals surface area contributed by atoms with E-state index in [1.54, 1.807) is 45.0 Å². The number of hydrogen-bond donors (Lipinski definition) is 2. The first-order chi connectivity index (χ1) is 11.1. The number of halogens is 1. The molecule has 0 bridgehead atoms. The number of aromatic hydroxyl groups is 1. The fourth-order valence-corrected chi connectivity index (χ4v) is 2.22. The van der Waals surface area contributed by atoms with Gasteiger partial charge in [-0.15, -0.1) is 0 Å². The summed E-state index contributed by atoms with van der Waals surface area (Å²) in [4.78, 5) is 23.3. The van der Waals surface area contributed by atoms with E-state index in [2.05, 4.69) is 21.2 Å². The third-order valence-electron chi connectivity index (χ3n) is 3.07. The summed E-state index contributed by atoms with van der Waals surface area (Å²) in [6, 6.07) is 5.95. The van der Waals surface area contributed by atoms with Gasteiger partial charge in [-0.3, -0.25) is 9.59 Å². The highest BCUT2D eigenvalue weighted by atomic mass is 79.9. The third-order valence-corrected chi connectivity index (χ3v) is 3.77. The second-order valence-electron chi connectivity index (χ2n) is 6.36. The van der Waals surface area contributed by atoms with Crippen LogP contribution in [0.15, 0.2) is 24.3 Å². The molecule has 0 aliphatic heterocycles. The van der Waals surface area contributed by atoms with Gasteiger partial charge >= 0.3 is 11.9 Å². The zero-order valence-corrected chi connectivity index (χ0v) is 15.9. The zero-order chi connectivity index (χ0) is 18.3. The lowest BCUT2D eigenvalue weighted by molar-refractivity contribution is -0.154. The summed E-state index contributed by atoms with van der Waals surface area (Å²) in [5.74, 6) is -0.665. The van der Waals surface area contributed by atoms with Crippen LogP contribution in [0.25, 0.3) is 0 Å². The number of carbonyl (C=O) groups is 2. The molecule has 0 aliphatic carbocycles. The van der Waals surface area contributed by atoms with Crippen molar-refractivity contribution in [2.45, 2.75) is 43.7 Å². The minimum atomic E-state index is -0.609. The largest absolute Gasteiger partial charge is 0.508 e. The van der Waals surface area contributed by atoms with Crippen molar-refractivity contribution in [3.05, 3.63) is 29.8 Å². The van der Waals surface area contributed by atoms with E-state index < -0.39 is 28.4 Å². The topological polar surface area (TPSA) is 84.9 Å². The molecule has 0 heterocycles. The molecule has 1 unspecified atom stereocenters. The van der Waals surface area contributed by atoms with E-state index in [9.17, 15) is 14.7 Å². The van der Waals surface area contributed by atoms with Crippen molar-refractivity contribution >= 4 is 27.9 Å². The molecule has 2 N–H and O–H groups in total. The van der Waals surface area contributed by atoms with Crippen molar-refractivity contribution in [1.82, 2.24) is 5.32 Å². The van der Waals surface area contributed by atoms with Crippen molar-refractivity contribution in [2.75, 3.05) is 13.7 Å². The fraction of sp³-hybridized carbons (Fsp3) is 0.529. The van der Waals surface area contributed by atoms with Gasteiger partial charge in [0.25, 0.3) is 0 Å². The van der Waals surface area contributed by atoms with Crippen molar-refractivity contribution in [3.8, 4) is 5.75 Å². The molecule has 0 saturated carbocycles. The summed E-state index contributed by atoms with van der Waals surface area (Å²) < 4.78 is 10.1. The first kappa shape index (κ1) is 20.4. The summed E-state index contributed by atoms with van der Waals surface area (Å²) in [7, 11) is 1.31. The summed E-state index contributed by atoms with van der Waals surface area (Å²) in [6.45, 7) is 5.59. The summed E-state index contributed by atoms with van der Waals surface area (Å²) in [6.07, 6.45) is 0.376. The van der Waals surface area contributed by atoms with Crippen LogP contribution in [-0.4, -0.2) is 47.2 Å². The number of benzene rings is 1. The highest BCUT2D eigenvalue weighted by Gasteiger charge is 2.26. The van der Waals surface area contributed by atoms with Gasteiger partial charge in [0.1, 0.15) is 22.2 Å². The predicted octanol–water partition coefficient (Wildman–Crippen LogP) is 2.17. The minimum absolute atomic E-state index is 0.159. The Balaban J connectivity index is 2.65. The van der Waals surface area contributed by atoms with Crippen LogP contribution in [0.2, 0.25) is 0 Å². The Morgan fingerprint density at radius 3 is 2.29 bits per heavy atom. The molecule has 0 spiro atoms. The van der Waals surface area contributed by atoms with E-state index in [-0.39, 0.29) is 12.3 Å². The average Bonchev–Trinajstić information content (AvgIpc) is 2.50. The van der Waals surface area contributed by atoms with Crippen LogP contribution >= 0.6 is 15.9 Å². The van der Waals surface area contributed by atoms with Crippen LogP contribution in [-0.2, 0) is 25.5 Å². The number of carbonyl (C=O) groups excluding carboxylic acids is 2. The third kappa shape index (κ3) is 7.31. The Bertz CT molecular complexity index is 553. The number of phenols is 1. The molecule has 6 nitrogen and oxygen atoms in total. The van der Waals surface area contributed by atoms with E-state index in [0.717, 1.165) is 5.56 Å². The monoisotopic (exact) mass is 401 g/mol. The highest BCUT2D eigenvalue weighted by Crippen LogP contribution is 2.14. The predicted molar refractivity (Wildman–Crippen MR) is 94.2 cm³/mol. The molecular weight excluding hydrogens is 378 g/mol. The number of hydrogen-bond acceptors (Lipinski definition) is 6. The van der Waals surface area contributed by atoms with Gasteiger partial charge in [-0.25, -0.2) is 0 Å². The molecule has 2 atom stereocenters. The van der Waals surface area contributed by atoms with Gasteiger partial charge in [0.2, 0.25) is 0 Å². The number of alkyl halides is 1. The summed E-state index contributed by atoms with van der Waals surface area (Å²) >= 11 is 3.27. The maximum Gasteiger partial charge on any atom is 0.323 e. The number of nitrogens with one attached hydrogen (secondary N) is 1. The summed E-state index contributed by atoms with van der Waals surface area (Å²) in [5.41, 5.74) is 0.288. The smallest absolute Gasteiger partial charge is 0.323 e. The Labute approximate surface area is 150 Å². The molecule has 1 rings (SSSR count). The molecule has 0 aliphatic rings. The lowest BCUT2D eigenvalue weighted by Gasteiger charge is -2.23. The molecule has 0 aromatic heterocycles. The molecule has 1 aromatic carbocycles. The van der Waals surface area contributed by atoms with Gasteiger partial charge in [-0.2, -0.15) is 0 Å². The molecule has 24 heavy (non-hydrogen) atoms. The molecular formula is C17H24BrNO5. The Morgan fingerprint density at radius 2 is 1.79 bits per heavy atom. The number of esters is 2. The van der Waals surface area contributed by atoms with Crippen LogP contribution in [0, 0.1) is 0 Å². The number of phenolic OH excluding ortho intramolecular Hbond substituents is 1. The molecule has 0 saturated heterocycles. The molecule has 0 amide bonds. The highest BCUT2D eigenvalue weighted by molar-refractivity contribution is 9.10. The molecule has 7 heteroatoms. The summed E-state index contributed by atoms with van der Waals surface area (Å²) in [5, 5.41) is 12.3. The van der Waals surface area contributed by atoms with Gasteiger partial charge < -0.3 is 19.9 Å². The van der Waals surface area contributed by atoms with Gasteiger partial charge in [0, 0.05) is 6.54 Å². The van der Waals surface area contributed by atoms with Crippen LogP contribution < -0.4 is 5.32 Å². The molecule has 0 radical (unpaired) electrons. The van der Waals surface area contributed by atoms with E-state index in [1.807, 2.05) is 0 Å². The molecule has 1 aromatic rings. The van der Waals surface area contributed by atoms with Crippen molar-refractivity contribution in [1.29, 1.82) is 0 Å². The number of rotatable bonds is 7. The second-order valence-corrected chi connectivity index (χ2v) is 7.46. The SMILES string of the molecule is COC(=O)[C@H](Cc1ccc(O)cc1)NCC(Br)C(=O)OC(C)(C)C. The van der Waals surface area contributed by atoms with E-state index >= 15 is 0 Å². The van der Waals surface area contributed by atoms with Crippen LogP contribution in [0.1, 0.15) is 26.3 Å². The lowest BCUT2D eigenvalue weighted by atomic mass is 10.1. The first-order valence-electron chi connectivity index (χ1n) is 7.58. The van der Waals surface area contributed by atoms with E-state index in [4.69, 9.17) is 9.47 Å². The Hall–Kier alpha value is -1.60. The van der Waals surface area contributed by atoms with Crippen molar-refractivity contribution < 1.29 is 24.2 Å². The molecule has 134 valence electrons.